The summed E-state index contributed by atoms with van der Waals surface area (Å²) in [4.78, 5) is 13.8. The number of rotatable bonds is 8. The molecule has 2 atom stereocenters. The van der Waals surface area contributed by atoms with E-state index >= 15 is 0 Å². The number of ether oxygens (including phenoxy) is 2. The number of aromatic nitrogens is 4. The zero-order valence-corrected chi connectivity index (χ0v) is 16.9. The van der Waals surface area contributed by atoms with Crippen LogP contribution in [0.25, 0.3) is 5.69 Å². The topological polar surface area (TPSA) is 82.4 Å². The van der Waals surface area contributed by atoms with Crippen molar-refractivity contribution in [3.05, 3.63) is 30.6 Å². The molecule has 0 radical (unpaired) electrons. The van der Waals surface area contributed by atoms with E-state index in [2.05, 4.69) is 15.5 Å². The van der Waals surface area contributed by atoms with Gasteiger partial charge in [0.25, 0.3) is 0 Å². The molecule has 156 valence electrons. The molecule has 1 amide bonds. The first-order valence-electron chi connectivity index (χ1n) is 10.6. The number of piperidine rings is 1. The Kier molecular flexibility index (Phi) is 6.27. The van der Waals surface area contributed by atoms with Gasteiger partial charge in [0.1, 0.15) is 12.1 Å². The highest BCUT2D eigenvalue weighted by atomic mass is 16.6. The number of benzene rings is 1. The van der Waals surface area contributed by atoms with Gasteiger partial charge >= 0.3 is 6.09 Å². The summed E-state index contributed by atoms with van der Waals surface area (Å²) < 4.78 is 12.8. The Morgan fingerprint density at radius 3 is 2.66 bits per heavy atom. The standard InChI is InChI=1S/C21H29N5O3/c1-2-12-29-21(27)25-10-7-16(8-11-25)20-14-17(20)9-13-28-19-5-3-18(4-6-19)26-15-22-23-24-26/h3-6,15-17,20H,2,7-14H2,1H3/t17-,20-/m1/s1. The van der Waals surface area contributed by atoms with E-state index in [4.69, 9.17) is 9.47 Å². The minimum atomic E-state index is -0.142. The van der Waals surface area contributed by atoms with Crippen molar-refractivity contribution in [2.75, 3.05) is 26.3 Å². The van der Waals surface area contributed by atoms with Crippen LogP contribution in [0.5, 0.6) is 5.75 Å². The van der Waals surface area contributed by atoms with Crippen LogP contribution in [0.4, 0.5) is 4.79 Å². The highest BCUT2D eigenvalue weighted by Gasteiger charge is 2.43. The molecule has 2 aromatic rings. The summed E-state index contributed by atoms with van der Waals surface area (Å²) in [5, 5.41) is 11.2. The summed E-state index contributed by atoms with van der Waals surface area (Å²) in [5.74, 6) is 3.18. The lowest BCUT2D eigenvalue weighted by Crippen LogP contribution is -2.39. The average Bonchev–Trinajstić information content (AvgIpc) is 3.31. The van der Waals surface area contributed by atoms with Crippen molar-refractivity contribution in [3.8, 4) is 11.4 Å². The molecule has 1 aromatic heterocycles. The lowest BCUT2D eigenvalue weighted by atomic mass is 9.91. The van der Waals surface area contributed by atoms with E-state index in [1.807, 2.05) is 36.1 Å². The van der Waals surface area contributed by atoms with Gasteiger partial charge in [-0.1, -0.05) is 6.92 Å². The smallest absolute Gasteiger partial charge is 0.409 e. The van der Waals surface area contributed by atoms with E-state index in [9.17, 15) is 4.79 Å². The van der Waals surface area contributed by atoms with Crippen molar-refractivity contribution in [2.24, 2.45) is 17.8 Å². The van der Waals surface area contributed by atoms with Crippen molar-refractivity contribution < 1.29 is 14.3 Å². The fourth-order valence-corrected chi connectivity index (χ4v) is 4.27. The Morgan fingerprint density at radius 1 is 1.17 bits per heavy atom. The van der Waals surface area contributed by atoms with Gasteiger partial charge in [-0.25, -0.2) is 9.48 Å². The van der Waals surface area contributed by atoms with Crippen molar-refractivity contribution in [1.29, 1.82) is 0 Å². The largest absolute Gasteiger partial charge is 0.494 e. The van der Waals surface area contributed by atoms with Crippen LogP contribution in [0.1, 0.15) is 39.0 Å². The summed E-state index contributed by atoms with van der Waals surface area (Å²) in [6.07, 6.45) is 6.89. The Labute approximate surface area is 171 Å². The SMILES string of the molecule is CCCOC(=O)N1CCC([C@H]2C[C@H]2CCOc2ccc(-n3cnnn3)cc2)CC1. The van der Waals surface area contributed by atoms with Crippen LogP contribution in [0.2, 0.25) is 0 Å². The molecular weight excluding hydrogens is 370 g/mol. The van der Waals surface area contributed by atoms with E-state index in [1.54, 1.807) is 11.0 Å². The molecule has 0 unspecified atom stereocenters. The predicted molar refractivity (Wildman–Crippen MR) is 107 cm³/mol. The van der Waals surface area contributed by atoms with E-state index < -0.39 is 0 Å². The fourth-order valence-electron chi connectivity index (χ4n) is 4.27. The second-order valence-corrected chi connectivity index (χ2v) is 7.98. The zero-order valence-electron chi connectivity index (χ0n) is 16.9. The quantitative estimate of drug-likeness (QED) is 0.677. The van der Waals surface area contributed by atoms with Crippen LogP contribution in [-0.4, -0.2) is 57.5 Å². The molecule has 1 aliphatic carbocycles. The molecule has 1 aliphatic heterocycles. The number of hydrogen-bond acceptors (Lipinski definition) is 6. The first kappa shape index (κ1) is 19.7. The van der Waals surface area contributed by atoms with Crippen LogP contribution in [-0.2, 0) is 4.74 Å². The Balaban J connectivity index is 1.14. The summed E-state index contributed by atoms with van der Waals surface area (Å²) in [7, 11) is 0. The highest BCUT2D eigenvalue weighted by Crippen LogP contribution is 2.49. The van der Waals surface area contributed by atoms with Gasteiger partial charge in [-0.15, -0.1) is 5.10 Å². The van der Waals surface area contributed by atoms with Crippen molar-refractivity contribution in [3.63, 3.8) is 0 Å². The number of amides is 1. The number of hydrogen-bond donors (Lipinski definition) is 0. The molecule has 4 rings (SSSR count). The van der Waals surface area contributed by atoms with Gasteiger partial charge in [0.15, 0.2) is 0 Å². The molecular formula is C21H29N5O3. The molecule has 2 fully saturated rings. The molecule has 1 aromatic carbocycles. The molecule has 2 heterocycles. The third kappa shape index (κ3) is 5.05. The molecule has 0 spiro atoms. The maximum absolute atomic E-state index is 12.0. The number of carbonyl (C=O) groups excluding carboxylic acids is 1. The lowest BCUT2D eigenvalue weighted by molar-refractivity contribution is 0.0848. The summed E-state index contributed by atoms with van der Waals surface area (Å²) in [5.41, 5.74) is 0.912. The molecule has 2 aliphatic rings. The third-order valence-corrected chi connectivity index (χ3v) is 6.02. The number of tetrazole rings is 1. The van der Waals surface area contributed by atoms with Gasteiger partial charge in [-0.2, -0.15) is 0 Å². The lowest BCUT2D eigenvalue weighted by Gasteiger charge is -2.31. The van der Waals surface area contributed by atoms with E-state index in [0.717, 1.165) is 74.6 Å². The van der Waals surface area contributed by atoms with Gasteiger partial charge in [-0.3, -0.25) is 0 Å². The number of carbonyl (C=O) groups is 1. The van der Waals surface area contributed by atoms with E-state index in [1.165, 1.54) is 6.42 Å². The highest BCUT2D eigenvalue weighted by molar-refractivity contribution is 5.67. The minimum Gasteiger partial charge on any atom is -0.494 e. The molecule has 8 nitrogen and oxygen atoms in total. The number of nitrogens with zero attached hydrogens (tertiary/aromatic N) is 5. The summed E-state index contributed by atoms with van der Waals surface area (Å²) in [6, 6.07) is 7.80. The van der Waals surface area contributed by atoms with Crippen molar-refractivity contribution in [2.45, 2.75) is 39.0 Å². The van der Waals surface area contributed by atoms with E-state index in [-0.39, 0.29) is 6.09 Å². The summed E-state index contributed by atoms with van der Waals surface area (Å²) in [6.45, 7) is 4.95. The van der Waals surface area contributed by atoms with Gasteiger partial charge in [0.05, 0.1) is 18.9 Å². The molecule has 0 N–H and O–H groups in total. The first-order chi connectivity index (χ1) is 14.2. The molecule has 0 bridgehead atoms. The first-order valence-corrected chi connectivity index (χ1v) is 10.6. The number of likely N-dealkylation sites (tertiary alicyclic amines) is 1. The zero-order chi connectivity index (χ0) is 20.1. The Bertz CT molecular complexity index is 772. The monoisotopic (exact) mass is 399 g/mol. The molecule has 29 heavy (non-hydrogen) atoms. The van der Waals surface area contributed by atoms with Crippen LogP contribution in [0.3, 0.4) is 0 Å². The van der Waals surface area contributed by atoms with Gasteiger partial charge in [-0.05, 0) is 84.6 Å². The second-order valence-electron chi connectivity index (χ2n) is 7.98. The molecule has 8 heteroatoms. The van der Waals surface area contributed by atoms with Crippen LogP contribution in [0, 0.1) is 17.8 Å². The van der Waals surface area contributed by atoms with Gasteiger partial charge in [0, 0.05) is 13.1 Å². The predicted octanol–water partition coefficient (Wildman–Crippen LogP) is 3.33. The van der Waals surface area contributed by atoms with Crippen LogP contribution >= 0.6 is 0 Å². The maximum atomic E-state index is 12.0. The normalized spacial score (nSPS) is 21.8. The average molecular weight is 399 g/mol. The van der Waals surface area contributed by atoms with Crippen LogP contribution in [0.15, 0.2) is 30.6 Å². The van der Waals surface area contributed by atoms with Gasteiger partial charge < -0.3 is 14.4 Å². The van der Waals surface area contributed by atoms with Crippen molar-refractivity contribution >= 4 is 6.09 Å². The van der Waals surface area contributed by atoms with Crippen molar-refractivity contribution in [1.82, 2.24) is 25.1 Å². The molecule has 1 saturated carbocycles. The Hall–Kier alpha value is -2.64. The Morgan fingerprint density at radius 2 is 1.97 bits per heavy atom. The van der Waals surface area contributed by atoms with Crippen LogP contribution < -0.4 is 4.74 Å². The third-order valence-electron chi connectivity index (χ3n) is 6.02. The fraction of sp³-hybridized carbons (Fsp3) is 0.619. The van der Waals surface area contributed by atoms with E-state index in [0.29, 0.717) is 6.61 Å². The molecule has 1 saturated heterocycles. The maximum Gasteiger partial charge on any atom is 0.409 e. The minimum absolute atomic E-state index is 0.142. The summed E-state index contributed by atoms with van der Waals surface area (Å²) >= 11 is 0. The van der Waals surface area contributed by atoms with Gasteiger partial charge in [0.2, 0.25) is 0 Å². The second kappa shape index (κ2) is 9.24.